The number of ether oxygens (including phenoxy) is 1. The van der Waals surface area contributed by atoms with E-state index in [0.717, 1.165) is 45.5 Å². The Hall–Kier alpha value is -0.610. The van der Waals surface area contributed by atoms with Crippen LogP contribution in [0.25, 0.3) is 0 Å². The summed E-state index contributed by atoms with van der Waals surface area (Å²) in [6.45, 7) is 7.69. The van der Waals surface area contributed by atoms with Gasteiger partial charge in [0.25, 0.3) is 0 Å². The molecule has 1 amide bonds. The maximum absolute atomic E-state index is 12.2. The van der Waals surface area contributed by atoms with Crippen LogP contribution in [-0.4, -0.2) is 44.2 Å². The second kappa shape index (κ2) is 8.54. The van der Waals surface area contributed by atoms with Crippen molar-refractivity contribution in [3.63, 3.8) is 0 Å². The van der Waals surface area contributed by atoms with Gasteiger partial charge in [0.2, 0.25) is 5.91 Å². The Bertz CT molecular complexity index is 269. The summed E-state index contributed by atoms with van der Waals surface area (Å²) in [4.78, 5) is 14.2. The first kappa shape index (κ1) is 16.4. The number of rotatable bonds is 8. The molecule has 0 aromatic heterocycles. The summed E-state index contributed by atoms with van der Waals surface area (Å²) < 4.78 is 5.16. The zero-order valence-corrected chi connectivity index (χ0v) is 12.7. The molecule has 19 heavy (non-hydrogen) atoms. The summed E-state index contributed by atoms with van der Waals surface area (Å²) in [6, 6.07) is 0. The molecule has 112 valence electrons. The fourth-order valence-electron chi connectivity index (χ4n) is 2.92. The van der Waals surface area contributed by atoms with E-state index in [1.54, 1.807) is 7.11 Å². The molecule has 1 aliphatic heterocycles. The van der Waals surface area contributed by atoms with Crippen LogP contribution in [0.2, 0.25) is 0 Å². The van der Waals surface area contributed by atoms with E-state index < -0.39 is 0 Å². The van der Waals surface area contributed by atoms with Crippen LogP contribution in [0.1, 0.15) is 39.5 Å². The number of hydrogen-bond donors (Lipinski definition) is 1. The maximum atomic E-state index is 12.2. The van der Waals surface area contributed by atoms with Gasteiger partial charge < -0.3 is 15.4 Å². The topological polar surface area (TPSA) is 55.6 Å². The van der Waals surface area contributed by atoms with E-state index in [-0.39, 0.29) is 0 Å². The van der Waals surface area contributed by atoms with E-state index in [1.807, 2.05) is 4.90 Å². The Morgan fingerprint density at radius 3 is 2.74 bits per heavy atom. The minimum Gasteiger partial charge on any atom is -0.384 e. The predicted octanol–water partition coefficient (Wildman–Crippen LogP) is 1.88. The largest absolute Gasteiger partial charge is 0.384 e. The maximum Gasteiger partial charge on any atom is 0.222 e. The van der Waals surface area contributed by atoms with E-state index in [4.69, 9.17) is 10.5 Å². The zero-order chi connectivity index (χ0) is 14.3. The van der Waals surface area contributed by atoms with Crippen LogP contribution < -0.4 is 5.73 Å². The van der Waals surface area contributed by atoms with Gasteiger partial charge in [-0.3, -0.25) is 4.79 Å². The third kappa shape index (κ3) is 5.49. The number of hydrogen-bond acceptors (Lipinski definition) is 3. The second-order valence-electron chi connectivity index (χ2n) is 6.07. The van der Waals surface area contributed by atoms with Crippen molar-refractivity contribution in [3.05, 3.63) is 0 Å². The summed E-state index contributed by atoms with van der Waals surface area (Å²) in [5.74, 6) is 2.02. The Labute approximate surface area is 117 Å². The molecule has 1 saturated heterocycles. The minimum absolute atomic E-state index is 0.307. The lowest BCUT2D eigenvalue weighted by Gasteiger charge is -2.22. The van der Waals surface area contributed by atoms with Gasteiger partial charge in [0.15, 0.2) is 0 Å². The number of carbonyl (C=O) groups is 1. The van der Waals surface area contributed by atoms with Crippen molar-refractivity contribution in [3.8, 4) is 0 Å². The molecule has 1 fully saturated rings. The summed E-state index contributed by atoms with van der Waals surface area (Å²) in [5.41, 5.74) is 5.64. The third-order valence-electron chi connectivity index (χ3n) is 4.25. The molecular weight excluding hydrogens is 240 g/mol. The number of amides is 1. The van der Waals surface area contributed by atoms with Gasteiger partial charge in [0, 0.05) is 32.5 Å². The molecule has 2 unspecified atom stereocenters. The fourth-order valence-corrected chi connectivity index (χ4v) is 2.92. The van der Waals surface area contributed by atoms with E-state index >= 15 is 0 Å². The lowest BCUT2D eigenvalue weighted by Crippen LogP contribution is -2.30. The van der Waals surface area contributed by atoms with Crippen LogP contribution in [0.4, 0.5) is 0 Å². The highest BCUT2D eigenvalue weighted by Crippen LogP contribution is 2.23. The lowest BCUT2D eigenvalue weighted by molar-refractivity contribution is -0.130. The summed E-state index contributed by atoms with van der Waals surface area (Å²) in [6.07, 6.45) is 3.74. The molecule has 0 saturated carbocycles. The van der Waals surface area contributed by atoms with Gasteiger partial charge >= 0.3 is 0 Å². The predicted molar refractivity (Wildman–Crippen MR) is 77.8 cm³/mol. The molecule has 2 atom stereocenters. The van der Waals surface area contributed by atoms with Crippen LogP contribution in [0.5, 0.6) is 0 Å². The van der Waals surface area contributed by atoms with Crippen molar-refractivity contribution in [1.29, 1.82) is 0 Å². The van der Waals surface area contributed by atoms with Gasteiger partial charge in [-0.25, -0.2) is 0 Å². The van der Waals surface area contributed by atoms with Crippen molar-refractivity contribution in [2.75, 3.05) is 33.4 Å². The monoisotopic (exact) mass is 270 g/mol. The molecule has 1 rings (SSSR count). The van der Waals surface area contributed by atoms with Gasteiger partial charge in [0.1, 0.15) is 0 Å². The van der Waals surface area contributed by atoms with Crippen molar-refractivity contribution >= 4 is 5.91 Å². The third-order valence-corrected chi connectivity index (χ3v) is 4.25. The van der Waals surface area contributed by atoms with Crippen molar-refractivity contribution in [1.82, 2.24) is 4.90 Å². The van der Waals surface area contributed by atoms with Gasteiger partial charge in [-0.2, -0.15) is 0 Å². The Balaban J connectivity index is 2.31. The van der Waals surface area contributed by atoms with Gasteiger partial charge in [0.05, 0.1) is 6.61 Å². The minimum atomic E-state index is 0.307. The average molecular weight is 270 g/mol. The number of methoxy groups -OCH3 is 1. The van der Waals surface area contributed by atoms with Gasteiger partial charge in [-0.15, -0.1) is 0 Å². The van der Waals surface area contributed by atoms with E-state index in [1.165, 1.54) is 0 Å². The molecule has 2 N–H and O–H groups in total. The standard InChI is InChI=1S/C15H30N2O2/c1-12(2)14(6-8-16)4-5-15(18)17-9-7-13(10-17)11-19-3/h12-14H,4-11,16H2,1-3H3. The molecule has 0 spiro atoms. The van der Waals surface area contributed by atoms with Crippen LogP contribution >= 0.6 is 0 Å². The highest BCUT2D eigenvalue weighted by atomic mass is 16.5. The molecule has 0 aromatic rings. The first-order chi connectivity index (χ1) is 9.08. The molecule has 4 heteroatoms. The molecular formula is C15H30N2O2. The molecule has 1 heterocycles. The smallest absolute Gasteiger partial charge is 0.222 e. The van der Waals surface area contributed by atoms with Crippen LogP contribution in [0.15, 0.2) is 0 Å². The normalized spacial score (nSPS) is 21.1. The number of nitrogens with zero attached hydrogens (tertiary/aromatic N) is 1. The Morgan fingerprint density at radius 1 is 1.42 bits per heavy atom. The van der Waals surface area contributed by atoms with Gasteiger partial charge in [-0.05, 0) is 37.6 Å². The first-order valence-electron chi connectivity index (χ1n) is 7.55. The average Bonchev–Trinajstić information content (AvgIpc) is 2.83. The Kier molecular flexibility index (Phi) is 7.39. The number of carbonyl (C=O) groups excluding carboxylic acids is 1. The lowest BCUT2D eigenvalue weighted by atomic mass is 9.88. The van der Waals surface area contributed by atoms with E-state index in [0.29, 0.717) is 30.1 Å². The highest BCUT2D eigenvalue weighted by Gasteiger charge is 2.26. The van der Waals surface area contributed by atoms with Crippen molar-refractivity contribution in [2.45, 2.75) is 39.5 Å². The quantitative estimate of drug-likeness (QED) is 0.732. The SMILES string of the molecule is COCC1CCN(C(=O)CCC(CCN)C(C)C)C1. The zero-order valence-electron chi connectivity index (χ0n) is 12.7. The molecule has 0 aliphatic carbocycles. The number of likely N-dealkylation sites (tertiary alicyclic amines) is 1. The van der Waals surface area contributed by atoms with Gasteiger partial charge in [-0.1, -0.05) is 13.8 Å². The summed E-state index contributed by atoms with van der Waals surface area (Å²) >= 11 is 0. The number of nitrogens with two attached hydrogens (primary N) is 1. The second-order valence-corrected chi connectivity index (χ2v) is 6.07. The van der Waals surface area contributed by atoms with E-state index in [2.05, 4.69) is 13.8 Å². The molecule has 4 nitrogen and oxygen atoms in total. The molecule has 0 radical (unpaired) electrons. The Morgan fingerprint density at radius 2 is 2.16 bits per heavy atom. The summed E-state index contributed by atoms with van der Waals surface area (Å²) in [7, 11) is 1.73. The molecule has 0 bridgehead atoms. The van der Waals surface area contributed by atoms with Crippen LogP contribution in [0, 0.1) is 17.8 Å². The van der Waals surface area contributed by atoms with Crippen molar-refractivity contribution in [2.24, 2.45) is 23.5 Å². The van der Waals surface area contributed by atoms with E-state index in [9.17, 15) is 4.79 Å². The van der Waals surface area contributed by atoms with Crippen molar-refractivity contribution < 1.29 is 9.53 Å². The molecule has 1 aliphatic rings. The molecule has 0 aromatic carbocycles. The first-order valence-corrected chi connectivity index (χ1v) is 7.55. The highest BCUT2D eigenvalue weighted by molar-refractivity contribution is 5.76. The summed E-state index contributed by atoms with van der Waals surface area (Å²) in [5, 5.41) is 0. The van der Waals surface area contributed by atoms with Crippen LogP contribution in [0.3, 0.4) is 0 Å². The van der Waals surface area contributed by atoms with Crippen LogP contribution in [-0.2, 0) is 9.53 Å². The fraction of sp³-hybridized carbons (Fsp3) is 0.933.